The van der Waals surface area contributed by atoms with Gasteiger partial charge in [0.25, 0.3) is 5.91 Å². The number of thiophene rings is 1. The van der Waals surface area contributed by atoms with Crippen molar-refractivity contribution >= 4 is 22.2 Å². The van der Waals surface area contributed by atoms with Gasteiger partial charge in [-0.05, 0) is 67.6 Å². The predicted molar refractivity (Wildman–Crippen MR) is 98.9 cm³/mol. The van der Waals surface area contributed by atoms with E-state index in [0.29, 0.717) is 11.5 Å². The van der Waals surface area contributed by atoms with Gasteiger partial charge in [0.2, 0.25) is 0 Å². The number of carbonyl (C=O) groups excluding carboxylic acids is 1. The summed E-state index contributed by atoms with van der Waals surface area (Å²) in [5, 5.41) is 7.35. The van der Waals surface area contributed by atoms with E-state index in [2.05, 4.69) is 10.6 Å². The lowest BCUT2D eigenvalue weighted by Gasteiger charge is -2.25. The monoisotopic (exact) mass is 368 g/mol. The summed E-state index contributed by atoms with van der Waals surface area (Å²) in [6.07, 6.45) is 3.98. The van der Waals surface area contributed by atoms with Crippen LogP contribution in [-0.2, 0) is 12.8 Å². The zero-order chi connectivity index (χ0) is 17.7. The van der Waals surface area contributed by atoms with Crippen molar-refractivity contribution in [3.8, 4) is 11.3 Å². The minimum Gasteiger partial charge on any atom is -0.457 e. The first-order chi connectivity index (χ1) is 12.7. The van der Waals surface area contributed by atoms with Gasteiger partial charge in [0.15, 0.2) is 6.17 Å². The number of aryl methyl sites for hydroxylation is 1. The highest BCUT2D eigenvalue weighted by Crippen LogP contribution is 2.41. The minimum atomic E-state index is -0.399. The molecule has 2 aromatic heterocycles. The topological polar surface area (TPSA) is 54.3 Å². The van der Waals surface area contributed by atoms with Crippen molar-refractivity contribution in [3.05, 3.63) is 64.0 Å². The zero-order valence-electron chi connectivity index (χ0n) is 14.0. The van der Waals surface area contributed by atoms with Crippen molar-refractivity contribution in [3.63, 3.8) is 0 Å². The van der Waals surface area contributed by atoms with Gasteiger partial charge in [-0.15, -0.1) is 11.3 Å². The molecule has 3 aromatic rings. The van der Waals surface area contributed by atoms with E-state index < -0.39 is 6.17 Å². The van der Waals surface area contributed by atoms with Crippen LogP contribution in [0, 0.1) is 5.82 Å². The second kappa shape index (κ2) is 5.99. The third-order valence-electron chi connectivity index (χ3n) is 4.99. The van der Waals surface area contributed by atoms with E-state index in [4.69, 9.17) is 4.42 Å². The first kappa shape index (κ1) is 15.6. The third-order valence-corrected chi connectivity index (χ3v) is 6.21. The van der Waals surface area contributed by atoms with Crippen molar-refractivity contribution in [2.45, 2.75) is 31.8 Å². The van der Waals surface area contributed by atoms with E-state index in [9.17, 15) is 9.18 Å². The Balaban J connectivity index is 1.44. The number of nitrogens with one attached hydrogen (secondary N) is 2. The molecule has 1 amide bonds. The zero-order valence-corrected chi connectivity index (χ0v) is 14.8. The number of benzene rings is 1. The number of halogens is 1. The lowest BCUT2D eigenvalue weighted by atomic mass is 9.94. The molecule has 2 N–H and O–H groups in total. The maximum Gasteiger partial charge on any atom is 0.256 e. The molecule has 0 saturated carbocycles. The Bertz CT molecular complexity index is 990. The van der Waals surface area contributed by atoms with Crippen LogP contribution in [0.3, 0.4) is 0 Å². The Morgan fingerprint density at radius 3 is 2.69 bits per heavy atom. The third kappa shape index (κ3) is 2.52. The summed E-state index contributed by atoms with van der Waals surface area (Å²) in [6.45, 7) is 0. The van der Waals surface area contributed by atoms with Crippen LogP contribution in [-0.4, -0.2) is 5.91 Å². The summed E-state index contributed by atoms with van der Waals surface area (Å²) in [5.74, 6) is 0.959. The summed E-state index contributed by atoms with van der Waals surface area (Å²) in [7, 11) is 0. The van der Waals surface area contributed by atoms with E-state index in [0.717, 1.165) is 35.4 Å². The van der Waals surface area contributed by atoms with Gasteiger partial charge in [-0.25, -0.2) is 4.39 Å². The van der Waals surface area contributed by atoms with E-state index in [1.54, 1.807) is 23.5 Å². The Morgan fingerprint density at radius 1 is 1.04 bits per heavy atom. The molecule has 26 heavy (non-hydrogen) atoms. The Kier molecular flexibility index (Phi) is 3.60. The summed E-state index contributed by atoms with van der Waals surface area (Å²) < 4.78 is 19.0. The molecule has 1 aromatic carbocycles. The smallest absolute Gasteiger partial charge is 0.256 e. The maximum atomic E-state index is 13.1. The van der Waals surface area contributed by atoms with Gasteiger partial charge in [-0.2, -0.15) is 0 Å². The summed E-state index contributed by atoms with van der Waals surface area (Å²) >= 11 is 1.69. The molecule has 4 nitrogen and oxygen atoms in total. The van der Waals surface area contributed by atoms with Gasteiger partial charge in [0, 0.05) is 10.4 Å². The molecule has 1 aliphatic carbocycles. The Morgan fingerprint density at radius 2 is 1.85 bits per heavy atom. The van der Waals surface area contributed by atoms with Crippen LogP contribution in [0.15, 0.2) is 40.8 Å². The molecule has 1 aliphatic heterocycles. The fraction of sp³-hybridized carbons (Fsp3) is 0.250. The fourth-order valence-corrected chi connectivity index (χ4v) is 5.01. The fourth-order valence-electron chi connectivity index (χ4n) is 3.70. The maximum absolute atomic E-state index is 13.1. The molecule has 2 aliphatic rings. The van der Waals surface area contributed by atoms with Crippen LogP contribution in [0.25, 0.3) is 11.3 Å². The molecule has 0 spiro atoms. The van der Waals surface area contributed by atoms with Crippen molar-refractivity contribution < 1.29 is 13.6 Å². The number of furan rings is 1. The average molecular weight is 368 g/mol. The lowest BCUT2D eigenvalue weighted by molar-refractivity contribution is 0.0930. The van der Waals surface area contributed by atoms with Crippen molar-refractivity contribution in [2.75, 3.05) is 5.32 Å². The van der Waals surface area contributed by atoms with Crippen LogP contribution in [0.1, 0.15) is 45.6 Å². The van der Waals surface area contributed by atoms with Crippen molar-refractivity contribution in [1.29, 1.82) is 0 Å². The van der Waals surface area contributed by atoms with Crippen molar-refractivity contribution in [2.24, 2.45) is 0 Å². The molecule has 5 rings (SSSR count). The summed E-state index contributed by atoms with van der Waals surface area (Å²) in [6, 6.07) is 9.84. The van der Waals surface area contributed by atoms with E-state index in [1.807, 2.05) is 12.1 Å². The predicted octanol–water partition coefficient (Wildman–Crippen LogP) is 4.88. The highest BCUT2D eigenvalue weighted by molar-refractivity contribution is 7.16. The van der Waals surface area contributed by atoms with Crippen LogP contribution in [0.2, 0.25) is 0 Å². The largest absolute Gasteiger partial charge is 0.457 e. The molecule has 0 fully saturated rings. The number of hydrogen-bond donors (Lipinski definition) is 2. The molecule has 0 radical (unpaired) electrons. The number of fused-ring (bicyclic) bond motifs is 3. The SMILES string of the molecule is O=C1N[C@@H](c2ccc(-c3ccc(F)cc3)o2)Nc2sc3c(c21)CCCC3. The molecule has 0 bridgehead atoms. The van der Waals surface area contributed by atoms with Crippen molar-refractivity contribution in [1.82, 2.24) is 5.32 Å². The molecular weight excluding hydrogens is 351 g/mol. The van der Waals surface area contributed by atoms with Gasteiger partial charge in [-0.1, -0.05) is 0 Å². The number of amides is 1. The molecule has 1 atom stereocenters. The molecule has 0 saturated heterocycles. The second-order valence-corrected chi connectivity index (χ2v) is 7.78. The molecular formula is C20H17FN2O2S. The first-order valence-electron chi connectivity index (χ1n) is 8.76. The van der Waals surface area contributed by atoms with Gasteiger partial charge < -0.3 is 15.1 Å². The molecule has 3 heterocycles. The van der Waals surface area contributed by atoms with Crippen LogP contribution in [0.4, 0.5) is 9.39 Å². The standard InChI is InChI=1S/C20H17FN2O2S/c21-12-7-5-11(6-8-12)14-9-10-15(25-14)18-22-19(24)17-13-3-1-2-4-16(13)26-20(17)23-18/h5-10,18,23H,1-4H2,(H,22,24)/t18-/m1/s1. The normalized spacial score (nSPS) is 18.7. The van der Waals surface area contributed by atoms with E-state index >= 15 is 0 Å². The average Bonchev–Trinajstić information content (AvgIpc) is 3.27. The highest BCUT2D eigenvalue weighted by Gasteiger charge is 2.33. The highest BCUT2D eigenvalue weighted by atomic mass is 32.1. The quantitative estimate of drug-likeness (QED) is 0.678. The second-order valence-electron chi connectivity index (χ2n) is 6.67. The summed E-state index contributed by atoms with van der Waals surface area (Å²) in [5.41, 5.74) is 2.82. The van der Waals surface area contributed by atoms with Gasteiger partial charge in [0.05, 0.1) is 5.56 Å². The Labute approximate surface area is 154 Å². The summed E-state index contributed by atoms with van der Waals surface area (Å²) in [4.78, 5) is 14.0. The lowest BCUT2D eigenvalue weighted by Crippen LogP contribution is -2.38. The molecule has 0 unspecified atom stereocenters. The number of carbonyl (C=O) groups is 1. The van der Waals surface area contributed by atoms with Crippen LogP contribution >= 0.6 is 11.3 Å². The minimum absolute atomic E-state index is 0.0390. The van der Waals surface area contributed by atoms with Crippen LogP contribution < -0.4 is 10.6 Å². The van der Waals surface area contributed by atoms with Gasteiger partial charge >= 0.3 is 0 Å². The molecule has 132 valence electrons. The van der Waals surface area contributed by atoms with Gasteiger partial charge in [-0.3, -0.25) is 4.79 Å². The van der Waals surface area contributed by atoms with Crippen LogP contribution in [0.5, 0.6) is 0 Å². The molecule has 6 heteroatoms. The number of anilines is 1. The number of rotatable bonds is 2. The first-order valence-corrected chi connectivity index (χ1v) is 9.58. The van der Waals surface area contributed by atoms with E-state index in [-0.39, 0.29) is 11.7 Å². The van der Waals surface area contributed by atoms with E-state index in [1.165, 1.54) is 29.0 Å². The Hall–Kier alpha value is -2.60. The number of hydrogen-bond acceptors (Lipinski definition) is 4. The van der Waals surface area contributed by atoms with Gasteiger partial charge in [0.1, 0.15) is 22.3 Å².